The van der Waals surface area contributed by atoms with E-state index in [2.05, 4.69) is 20.3 Å². The molecule has 0 aliphatic carbocycles. The highest BCUT2D eigenvalue weighted by molar-refractivity contribution is 7.16. The van der Waals surface area contributed by atoms with E-state index in [0.717, 1.165) is 35.1 Å². The Morgan fingerprint density at radius 3 is 3.10 bits per heavy atom. The zero-order valence-electron chi connectivity index (χ0n) is 17.1. The molecule has 3 aromatic heterocycles. The summed E-state index contributed by atoms with van der Waals surface area (Å²) < 4.78 is 5.08. The lowest BCUT2D eigenvalue weighted by molar-refractivity contribution is -0.131. The molecule has 1 atom stereocenters. The largest absolute Gasteiger partial charge is 0.462 e. The summed E-state index contributed by atoms with van der Waals surface area (Å²) in [5, 5.41) is 14.0. The van der Waals surface area contributed by atoms with E-state index in [-0.39, 0.29) is 18.4 Å². The van der Waals surface area contributed by atoms with Crippen LogP contribution in [0, 0.1) is 11.3 Å². The molecule has 4 rings (SSSR count). The third-order valence-corrected chi connectivity index (χ3v) is 6.16. The van der Waals surface area contributed by atoms with Crippen molar-refractivity contribution in [2.24, 2.45) is 0 Å². The van der Waals surface area contributed by atoms with Crippen molar-refractivity contribution in [3.05, 3.63) is 29.5 Å². The number of pyridine rings is 1. The minimum Gasteiger partial charge on any atom is -0.462 e. The molecule has 1 aliphatic rings. The highest BCUT2D eigenvalue weighted by Crippen LogP contribution is 2.36. The first-order valence-electron chi connectivity index (χ1n) is 10.1. The van der Waals surface area contributed by atoms with Gasteiger partial charge in [-0.15, -0.1) is 11.3 Å². The van der Waals surface area contributed by atoms with Gasteiger partial charge < -0.3 is 19.9 Å². The van der Waals surface area contributed by atoms with Gasteiger partial charge in [-0.2, -0.15) is 5.26 Å². The molecule has 10 heteroatoms. The van der Waals surface area contributed by atoms with Crippen molar-refractivity contribution in [3.8, 4) is 16.6 Å². The second kappa shape index (κ2) is 9.14. The quantitative estimate of drug-likeness (QED) is 0.566. The minimum atomic E-state index is -0.393. The van der Waals surface area contributed by atoms with Crippen molar-refractivity contribution in [1.29, 1.82) is 5.26 Å². The van der Waals surface area contributed by atoms with Crippen LogP contribution in [0.1, 0.15) is 35.9 Å². The summed E-state index contributed by atoms with van der Waals surface area (Å²) in [5.74, 6) is -0.537. The number of fused-ring (bicyclic) bond motifs is 1. The molecular formula is C21H22N6O3S. The number of nitrogens with zero attached hydrogens (tertiary/aromatic N) is 4. The van der Waals surface area contributed by atoms with Crippen LogP contribution in [0.3, 0.4) is 0 Å². The van der Waals surface area contributed by atoms with Gasteiger partial charge in [0.05, 0.1) is 30.1 Å². The molecule has 9 nitrogen and oxygen atoms in total. The van der Waals surface area contributed by atoms with Gasteiger partial charge in [-0.05, 0) is 25.8 Å². The van der Waals surface area contributed by atoms with Crippen LogP contribution < -0.4 is 5.32 Å². The second-order valence-electron chi connectivity index (χ2n) is 7.20. The number of anilines is 1. The molecule has 4 heterocycles. The van der Waals surface area contributed by atoms with Gasteiger partial charge in [0, 0.05) is 36.9 Å². The minimum absolute atomic E-state index is 0.0279. The van der Waals surface area contributed by atoms with E-state index in [0.29, 0.717) is 29.6 Å². The second-order valence-corrected chi connectivity index (χ2v) is 8.23. The molecular weight excluding hydrogens is 416 g/mol. The van der Waals surface area contributed by atoms with Crippen molar-refractivity contribution in [3.63, 3.8) is 0 Å². The van der Waals surface area contributed by atoms with Crippen molar-refractivity contribution in [2.45, 2.75) is 32.2 Å². The number of likely N-dealkylation sites (tertiary alicyclic amines) is 1. The molecule has 3 aromatic rings. The maximum absolute atomic E-state index is 12.2. The summed E-state index contributed by atoms with van der Waals surface area (Å²) in [6, 6.07) is 3.90. The van der Waals surface area contributed by atoms with Gasteiger partial charge in [0.15, 0.2) is 0 Å². The number of hydrogen-bond donors (Lipinski definition) is 2. The molecule has 0 bridgehead atoms. The number of nitriles is 1. The number of nitrogens with one attached hydrogen (secondary N) is 2. The number of H-pyrrole nitrogens is 1. The standard InChI is InChI=1S/C21H22N6O3S/c1-2-30-21(29)16-11-25-20(31-16)15-10-24-19-14(6-8-23-19)18(15)26-13-4-3-9-27(12-13)17(28)5-7-22/h6,8,10-11,13H,2-5,9,12H2,1H3,(H2,23,24,26)/t13-/m1/s1. The predicted octanol–water partition coefficient (Wildman–Crippen LogP) is 3.18. The number of carbonyl (C=O) groups is 2. The van der Waals surface area contributed by atoms with E-state index in [1.165, 1.54) is 17.5 Å². The Morgan fingerprint density at radius 1 is 1.42 bits per heavy atom. The maximum Gasteiger partial charge on any atom is 0.349 e. The molecule has 1 amide bonds. The molecule has 1 fully saturated rings. The smallest absolute Gasteiger partial charge is 0.349 e. The fourth-order valence-electron chi connectivity index (χ4n) is 3.73. The Morgan fingerprint density at radius 2 is 2.29 bits per heavy atom. The van der Waals surface area contributed by atoms with Gasteiger partial charge in [0.1, 0.15) is 22.0 Å². The SMILES string of the molecule is CCOC(=O)c1cnc(-c2cnc3[nH]ccc3c2N[C@@H]2CCCN(C(=O)CC#N)C2)s1. The third kappa shape index (κ3) is 4.36. The Balaban J connectivity index is 1.64. The van der Waals surface area contributed by atoms with Gasteiger partial charge in [0.2, 0.25) is 5.91 Å². The first kappa shape index (κ1) is 20.8. The summed E-state index contributed by atoms with van der Waals surface area (Å²) in [4.78, 5) is 38.5. The van der Waals surface area contributed by atoms with Crippen LogP contribution >= 0.6 is 11.3 Å². The molecule has 1 saturated heterocycles. The maximum atomic E-state index is 12.2. The average Bonchev–Trinajstić information content (AvgIpc) is 3.44. The zero-order chi connectivity index (χ0) is 21.8. The fraction of sp³-hybridized carbons (Fsp3) is 0.381. The van der Waals surface area contributed by atoms with E-state index >= 15 is 0 Å². The number of esters is 1. The van der Waals surface area contributed by atoms with Crippen LogP contribution in [-0.2, 0) is 9.53 Å². The van der Waals surface area contributed by atoms with E-state index in [1.54, 1.807) is 18.0 Å². The third-order valence-electron chi connectivity index (χ3n) is 5.15. The van der Waals surface area contributed by atoms with Crippen molar-refractivity contribution >= 4 is 39.9 Å². The van der Waals surface area contributed by atoms with Crippen LogP contribution in [0.2, 0.25) is 0 Å². The fourth-order valence-corrected chi connectivity index (χ4v) is 4.55. The number of amides is 1. The Bertz CT molecular complexity index is 1150. The molecule has 2 N–H and O–H groups in total. The summed E-state index contributed by atoms with van der Waals surface area (Å²) in [7, 11) is 0. The molecule has 0 saturated carbocycles. The lowest BCUT2D eigenvalue weighted by Crippen LogP contribution is -2.45. The van der Waals surface area contributed by atoms with Crippen molar-refractivity contribution in [2.75, 3.05) is 25.0 Å². The Kier molecular flexibility index (Phi) is 6.13. The van der Waals surface area contributed by atoms with E-state index in [9.17, 15) is 9.59 Å². The van der Waals surface area contributed by atoms with Crippen LogP contribution in [0.4, 0.5) is 5.69 Å². The van der Waals surface area contributed by atoms with Gasteiger partial charge >= 0.3 is 5.97 Å². The molecule has 0 aromatic carbocycles. The van der Waals surface area contributed by atoms with Crippen molar-refractivity contribution < 1.29 is 14.3 Å². The number of aromatic amines is 1. The monoisotopic (exact) mass is 438 g/mol. The van der Waals surface area contributed by atoms with Crippen LogP contribution in [-0.4, -0.2) is 57.5 Å². The van der Waals surface area contributed by atoms with Crippen LogP contribution in [0.5, 0.6) is 0 Å². The highest BCUT2D eigenvalue weighted by atomic mass is 32.1. The first-order valence-corrected chi connectivity index (χ1v) is 10.9. The summed E-state index contributed by atoms with van der Waals surface area (Å²) >= 11 is 1.26. The van der Waals surface area contributed by atoms with Crippen LogP contribution in [0.25, 0.3) is 21.6 Å². The van der Waals surface area contributed by atoms with Gasteiger partial charge in [-0.1, -0.05) is 0 Å². The lowest BCUT2D eigenvalue weighted by Gasteiger charge is -2.33. The lowest BCUT2D eigenvalue weighted by atomic mass is 10.0. The predicted molar refractivity (Wildman–Crippen MR) is 117 cm³/mol. The van der Waals surface area contributed by atoms with Gasteiger partial charge in [-0.3, -0.25) is 4.79 Å². The Labute approximate surface area is 183 Å². The van der Waals surface area contributed by atoms with E-state index < -0.39 is 5.97 Å². The number of ether oxygens (including phenoxy) is 1. The normalized spacial score (nSPS) is 16.1. The van der Waals surface area contributed by atoms with Gasteiger partial charge in [-0.25, -0.2) is 14.8 Å². The molecule has 0 spiro atoms. The number of aromatic nitrogens is 3. The van der Waals surface area contributed by atoms with Crippen LogP contribution in [0.15, 0.2) is 24.7 Å². The summed E-state index contributed by atoms with van der Waals surface area (Å²) in [6.45, 7) is 3.26. The number of rotatable bonds is 6. The molecule has 0 radical (unpaired) electrons. The topological polar surface area (TPSA) is 124 Å². The van der Waals surface area contributed by atoms with Gasteiger partial charge in [0.25, 0.3) is 0 Å². The number of piperidine rings is 1. The van der Waals surface area contributed by atoms with Crippen molar-refractivity contribution in [1.82, 2.24) is 19.9 Å². The molecule has 31 heavy (non-hydrogen) atoms. The highest BCUT2D eigenvalue weighted by Gasteiger charge is 2.25. The van der Waals surface area contributed by atoms with E-state index in [4.69, 9.17) is 10.00 Å². The average molecular weight is 439 g/mol. The zero-order valence-corrected chi connectivity index (χ0v) is 17.9. The molecule has 1 aliphatic heterocycles. The molecule has 0 unspecified atom stereocenters. The molecule has 160 valence electrons. The summed E-state index contributed by atoms with van der Waals surface area (Å²) in [5.41, 5.74) is 2.38. The summed E-state index contributed by atoms with van der Waals surface area (Å²) in [6.07, 6.45) is 6.72. The number of hydrogen-bond acceptors (Lipinski definition) is 8. The van der Waals surface area contributed by atoms with E-state index in [1.807, 2.05) is 18.3 Å². The Hall–Kier alpha value is -3.45. The number of carbonyl (C=O) groups excluding carboxylic acids is 2. The number of thiazole rings is 1. The first-order chi connectivity index (χ1) is 15.1.